The van der Waals surface area contributed by atoms with Crippen LogP contribution in [0.4, 0.5) is 0 Å². The van der Waals surface area contributed by atoms with Gasteiger partial charge in [0.15, 0.2) is 0 Å². The number of phenols is 1. The van der Waals surface area contributed by atoms with E-state index < -0.39 is 0 Å². The molecule has 1 aliphatic rings. The third-order valence-electron chi connectivity index (χ3n) is 3.05. The molecule has 1 N–H and O–H groups in total. The minimum Gasteiger partial charge on any atom is -0.508 e. The van der Waals surface area contributed by atoms with E-state index in [0.29, 0.717) is 5.75 Å². The Balaban J connectivity index is 1.62. The van der Waals surface area contributed by atoms with Crippen LogP contribution >= 0.6 is 0 Å². The molecule has 2 nitrogen and oxygen atoms in total. The number of ether oxygens (including phenoxy) is 1. The molecule has 2 heteroatoms. The first-order chi connectivity index (χ1) is 7.34. The Morgan fingerprint density at radius 1 is 1.20 bits per heavy atom. The van der Waals surface area contributed by atoms with E-state index in [1.807, 2.05) is 12.1 Å². The Labute approximate surface area is 90.9 Å². The molecule has 0 aromatic heterocycles. The molecule has 0 aliphatic heterocycles. The number of hydrogen-bond acceptors (Lipinski definition) is 2. The van der Waals surface area contributed by atoms with Gasteiger partial charge in [-0.25, -0.2) is 0 Å². The Hall–Kier alpha value is -1.02. The van der Waals surface area contributed by atoms with Gasteiger partial charge in [0.05, 0.1) is 6.61 Å². The smallest absolute Gasteiger partial charge is 0.115 e. The van der Waals surface area contributed by atoms with Gasteiger partial charge in [-0.05, 0) is 42.9 Å². The summed E-state index contributed by atoms with van der Waals surface area (Å²) in [6, 6.07) is 7.34. The van der Waals surface area contributed by atoms with Crippen molar-refractivity contribution in [3.8, 4) is 5.75 Å². The second-order valence-electron chi connectivity index (χ2n) is 4.29. The molecule has 0 atom stereocenters. The lowest BCUT2D eigenvalue weighted by Gasteiger charge is -2.24. The molecule has 2 rings (SSSR count). The molecule has 1 fully saturated rings. The first-order valence-electron chi connectivity index (χ1n) is 5.70. The van der Waals surface area contributed by atoms with Gasteiger partial charge in [0.2, 0.25) is 0 Å². The SMILES string of the molecule is Oc1ccc(CCOCC2CCC2)cc1. The number of hydrogen-bond donors (Lipinski definition) is 1. The van der Waals surface area contributed by atoms with Crippen LogP contribution in [0, 0.1) is 5.92 Å². The van der Waals surface area contributed by atoms with Crippen LogP contribution in [0.25, 0.3) is 0 Å². The zero-order chi connectivity index (χ0) is 10.5. The number of phenolic OH excluding ortho intramolecular Hbond substituents is 1. The molecular weight excluding hydrogens is 188 g/mol. The molecule has 1 aromatic rings. The number of rotatable bonds is 5. The Bertz CT molecular complexity index is 288. The van der Waals surface area contributed by atoms with Gasteiger partial charge in [-0.15, -0.1) is 0 Å². The molecule has 1 aliphatic carbocycles. The lowest BCUT2D eigenvalue weighted by atomic mass is 9.86. The molecule has 1 saturated carbocycles. The van der Waals surface area contributed by atoms with Crippen molar-refractivity contribution in [2.45, 2.75) is 25.7 Å². The first kappa shape index (κ1) is 10.5. The van der Waals surface area contributed by atoms with Crippen LogP contribution in [0.2, 0.25) is 0 Å². The standard InChI is InChI=1S/C13H18O2/c14-13-6-4-11(5-7-13)8-9-15-10-12-2-1-3-12/h4-7,12,14H,1-3,8-10H2. The average molecular weight is 206 g/mol. The molecule has 82 valence electrons. The highest BCUT2D eigenvalue weighted by atomic mass is 16.5. The highest BCUT2D eigenvalue weighted by Gasteiger charge is 2.16. The zero-order valence-electron chi connectivity index (χ0n) is 8.98. The molecule has 0 unspecified atom stereocenters. The molecule has 15 heavy (non-hydrogen) atoms. The maximum Gasteiger partial charge on any atom is 0.115 e. The van der Waals surface area contributed by atoms with Crippen molar-refractivity contribution >= 4 is 0 Å². The molecular formula is C13H18O2. The van der Waals surface area contributed by atoms with Crippen LogP contribution in [0.5, 0.6) is 5.75 Å². The van der Waals surface area contributed by atoms with E-state index in [1.54, 1.807) is 12.1 Å². The minimum absolute atomic E-state index is 0.328. The van der Waals surface area contributed by atoms with Crippen molar-refractivity contribution in [3.05, 3.63) is 29.8 Å². The summed E-state index contributed by atoms with van der Waals surface area (Å²) in [5.74, 6) is 1.15. The Kier molecular flexibility index (Phi) is 3.62. The normalized spacial score (nSPS) is 16.3. The third kappa shape index (κ3) is 3.24. The van der Waals surface area contributed by atoms with Gasteiger partial charge in [0, 0.05) is 6.61 Å². The van der Waals surface area contributed by atoms with Crippen molar-refractivity contribution in [2.75, 3.05) is 13.2 Å². The first-order valence-corrected chi connectivity index (χ1v) is 5.70. The third-order valence-corrected chi connectivity index (χ3v) is 3.05. The van der Waals surface area contributed by atoms with Crippen LogP contribution in [0.3, 0.4) is 0 Å². The summed E-state index contributed by atoms with van der Waals surface area (Å²) in [5, 5.41) is 9.11. The van der Waals surface area contributed by atoms with Gasteiger partial charge in [-0.2, -0.15) is 0 Å². The van der Waals surface area contributed by atoms with Crippen molar-refractivity contribution in [2.24, 2.45) is 5.92 Å². The highest BCUT2D eigenvalue weighted by molar-refractivity contribution is 5.25. The number of aromatic hydroxyl groups is 1. The van der Waals surface area contributed by atoms with E-state index in [9.17, 15) is 0 Å². The van der Waals surface area contributed by atoms with Crippen LogP contribution in [-0.4, -0.2) is 18.3 Å². The maximum atomic E-state index is 9.11. The maximum absolute atomic E-state index is 9.11. The van der Waals surface area contributed by atoms with Gasteiger partial charge in [0.1, 0.15) is 5.75 Å². The minimum atomic E-state index is 0.328. The van der Waals surface area contributed by atoms with E-state index in [1.165, 1.54) is 24.8 Å². The highest BCUT2D eigenvalue weighted by Crippen LogP contribution is 2.26. The van der Waals surface area contributed by atoms with E-state index in [-0.39, 0.29) is 0 Å². The van der Waals surface area contributed by atoms with Gasteiger partial charge in [0.25, 0.3) is 0 Å². The van der Waals surface area contributed by atoms with E-state index in [0.717, 1.165) is 25.6 Å². The van der Waals surface area contributed by atoms with E-state index in [4.69, 9.17) is 9.84 Å². The fourth-order valence-electron chi connectivity index (χ4n) is 1.76. The molecule has 0 saturated heterocycles. The van der Waals surface area contributed by atoms with Crippen LogP contribution in [0.15, 0.2) is 24.3 Å². The van der Waals surface area contributed by atoms with Crippen molar-refractivity contribution in [1.29, 1.82) is 0 Å². The van der Waals surface area contributed by atoms with Crippen molar-refractivity contribution in [1.82, 2.24) is 0 Å². The van der Waals surface area contributed by atoms with Crippen molar-refractivity contribution < 1.29 is 9.84 Å². The van der Waals surface area contributed by atoms with Gasteiger partial charge in [-0.3, -0.25) is 0 Å². The molecule has 1 aromatic carbocycles. The average Bonchev–Trinajstić information content (AvgIpc) is 2.18. The summed E-state index contributed by atoms with van der Waals surface area (Å²) in [6.07, 6.45) is 5.01. The van der Waals surface area contributed by atoms with Crippen LogP contribution in [0.1, 0.15) is 24.8 Å². The largest absolute Gasteiger partial charge is 0.508 e. The summed E-state index contributed by atoms with van der Waals surface area (Å²) in [7, 11) is 0. The summed E-state index contributed by atoms with van der Waals surface area (Å²) >= 11 is 0. The Morgan fingerprint density at radius 2 is 1.93 bits per heavy atom. The lowest BCUT2D eigenvalue weighted by Crippen LogP contribution is -2.18. The van der Waals surface area contributed by atoms with Crippen LogP contribution < -0.4 is 0 Å². The van der Waals surface area contributed by atoms with Gasteiger partial charge in [-0.1, -0.05) is 18.6 Å². The molecule has 0 radical (unpaired) electrons. The van der Waals surface area contributed by atoms with Gasteiger partial charge >= 0.3 is 0 Å². The quantitative estimate of drug-likeness (QED) is 0.751. The van der Waals surface area contributed by atoms with Gasteiger partial charge < -0.3 is 9.84 Å². The van der Waals surface area contributed by atoms with E-state index >= 15 is 0 Å². The Morgan fingerprint density at radius 3 is 2.53 bits per heavy atom. The van der Waals surface area contributed by atoms with Crippen LogP contribution in [-0.2, 0) is 11.2 Å². The van der Waals surface area contributed by atoms with Crippen molar-refractivity contribution in [3.63, 3.8) is 0 Å². The lowest BCUT2D eigenvalue weighted by molar-refractivity contribution is 0.0722. The topological polar surface area (TPSA) is 29.5 Å². The second kappa shape index (κ2) is 5.17. The summed E-state index contributed by atoms with van der Waals surface area (Å²) in [5.41, 5.74) is 1.22. The summed E-state index contributed by atoms with van der Waals surface area (Å²) in [6.45, 7) is 1.72. The fraction of sp³-hybridized carbons (Fsp3) is 0.538. The summed E-state index contributed by atoms with van der Waals surface area (Å²) in [4.78, 5) is 0. The number of benzene rings is 1. The monoisotopic (exact) mass is 206 g/mol. The molecule has 0 heterocycles. The predicted molar refractivity (Wildman–Crippen MR) is 60.0 cm³/mol. The molecule has 0 spiro atoms. The summed E-state index contributed by atoms with van der Waals surface area (Å²) < 4.78 is 5.61. The molecule has 0 amide bonds. The second-order valence-corrected chi connectivity index (χ2v) is 4.29. The molecule has 0 bridgehead atoms. The fourth-order valence-corrected chi connectivity index (χ4v) is 1.76. The van der Waals surface area contributed by atoms with E-state index in [2.05, 4.69) is 0 Å². The predicted octanol–water partition coefficient (Wildman–Crippen LogP) is 2.75. The zero-order valence-corrected chi connectivity index (χ0v) is 8.98.